The SMILES string of the molecule is CS(=O)(=O)c1cc([CH]CC(N)=O)cc(=O)[nH]1. The van der Waals surface area contributed by atoms with Gasteiger partial charge in [-0.1, -0.05) is 0 Å². The number of primary amides is 1. The van der Waals surface area contributed by atoms with Gasteiger partial charge in [0.05, 0.1) is 0 Å². The number of amides is 1. The van der Waals surface area contributed by atoms with Gasteiger partial charge in [-0.3, -0.25) is 9.59 Å². The number of carbonyl (C=O) groups excluding carboxylic acids is 1. The molecule has 1 aromatic rings. The van der Waals surface area contributed by atoms with Crippen LogP contribution in [0.1, 0.15) is 12.0 Å². The monoisotopic (exact) mass is 243 g/mol. The van der Waals surface area contributed by atoms with Crippen molar-refractivity contribution in [3.8, 4) is 0 Å². The van der Waals surface area contributed by atoms with Gasteiger partial charge in [0, 0.05) is 25.2 Å². The number of H-pyrrole nitrogens is 1. The van der Waals surface area contributed by atoms with E-state index < -0.39 is 21.3 Å². The maximum atomic E-state index is 11.2. The zero-order chi connectivity index (χ0) is 12.3. The first-order chi connectivity index (χ1) is 7.29. The van der Waals surface area contributed by atoms with Crippen LogP contribution in [0, 0.1) is 6.42 Å². The number of sulfone groups is 1. The smallest absolute Gasteiger partial charge is 0.249 e. The number of nitrogens with two attached hydrogens (primary N) is 1. The first-order valence-corrected chi connectivity index (χ1v) is 6.24. The Morgan fingerprint density at radius 3 is 2.62 bits per heavy atom. The van der Waals surface area contributed by atoms with E-state index in [0.29, 0.717) is 5.56 Å². The highest BCUT2D eigenvalue weighted by Gasteiger charge is 2.10. The van der Waals surface area contributed by atoms with Crippen LogP contribution in [0.5, 0.6) is 0 Å². The standard InChI is InChI=1S/C9H11N2O4S/c1-16(14,15)9-5-6(2-3-7(10)12)4-8(13)11-9/h2,4-5H,3H2,1H3,(H2,10,12)(H,11,13). The van der Waals surface area contributed by atoms with Gasteiger partial charge >= 0.3 is 0 Å². The van der Waals surface area contributed by atoms with Crippen molar-refractivity contribution in [2.24, 2.45) is 5.73 Å². The lowest BCUT2D eigenvalue weighted by Gasteiger charge is -2.01. The lowest BCUT2D eigenvalue weighted by Crippen LogP contribution is -2.14. The van der Waals surface area contributed by atoms with Gasteiger partial charge in [0.25, 0.3) is 0 Å². The highest BCUT2D eigenvalue weighted by Crippen LogP contribution is 2.08. The molecule has 6 nitrogen and oxygen atoms in total. The fourth-order valence-electron chi connectivity index (χ4n) is 1.07. The molecule has 0 aliphatic heterocycles. The number of pyridine rings is 1. The van der Waals surface area contributed by atoms with Crippen molar-refractivity contribution in [3.63, 3.8) is 0 Å². The Labute approximate surface area is 92.4 Å². The Morgan fingerprint density at radius 2 is 2.12 bits per heavy atom. The molecule has 0 saturated carbocycles. The van der Waals surface area contributed by atoms with Gasteiger partial charge in [-0.25, -0.2) is 8.42 Å². The summed E-state index contributed by atoms with van der Waals surface area (Å²) in [4.78, 5) is 23.9. The van der Waals surface area contributed by atoms with Gasteiger partial charge in [-0.15, -0.1) is 0 Å². The summed E-state index contributed by atoms with van der Waals surface area (Å²) in [6, 6.07) is 2.47. The van der Waals surface area contributed by atoms with Crippen LogP contribution in [0.15, 0.2) is 22.0 Å². The van der Waals surface area contributed by atoms with Gasteiger partial charge in [0.1, 0.15) is 5.03 Å². The van der Waals surface area contributed by atoms with E-state index in [1.165, 1.54) is 18.6 Å². The number of hydrogen-bond acceptors (Lipinski definition) is 4. The number of rotatable bonds is 4. The van der Waals surface area contributed by atoms with Gasteiger partial charge in [0.2, 0.25) is 11.5 Å². The Bertz CT molecular complexity index is 559. The fourth-order valence-corrected chi connectivity index (χ4v) is 1.71. The molecule has 0 spiro atoms. The molecule has 7 heteroatoms. The maximum Gasteiger partial charge on any atom is 0.249 e. The lowest BCUT2D eigenvalue weighted by molar-refractivity contribution is -0.117. The second-order valence-electron chi connectivity index (χ2n) is 3.29. The van der Waals surface area contributed by atoms with Crippen molar-refractivity contribution in [2.45, 2.75) is 11.4 Å². The van der Waals surface area contributed by atoms with E-state index >= 15 is 0 Å². The summed E-state index contributed by atoms with van der Waals surface area (Å²) in [5.74, 6) is -0.554. The lowest BCUT2D eigenvalue weighted by atomic mass is 10.1. The number of hydrogen-bond donors (Lipinski definition) is 2. The average molecular weight is 243 g/mol. The molecule has 1 heterocycles. The van der Waals surface area contributed by atoms with E-state index in [1.807, 2.05) is 0 Å². The number of aromatic amines is 1. The molecule has 0 unspecified atom stereocenters. The van der Waals surface area contributed by atoms with E-state index in [9.17, 15) is 18.0 Å². The maximum absolute atomic E-state index is 11.2. The molecule has 1 amide bonds. The van der Waals surface area contributed by atoms with E-state index in [1.54, 1.807) is 0 Å². The molecular formula is C9H11N2O4S. The molecule has 0 atom stereocenters. The first-order valence-electron chi connectivity index (χ1n) is 4.35. The Morgan fingerprint density at radius 1 is 1.50 bits per heavy atom. The molecule has 87 valence electrons. The van der Waals surface area contributed by atoms with Gasteiger partial charge in [-0.05, 0) is 11.6 Å². The van der Waals surface area contributed by atoms with E-state index in [2.05, 4.69) is 4.98 Å². The Hall–Kier alpha value is -1.63. The molecule has 1 aromatic heterocycles. The molecule has 0 aliphatic rings. The highest BCUT2D eigenvalue weighted by atomic mass is 32.2. The molecule has 0 fully saturated rings. The molecule has 0 aromatic carbocycles. The van der Waals surface area contributed by atoms with Crippen LogP contribution < -0.4 is 11.3 Å². The molecular weight excluding hydrogens is 232 g/mol. The summed E-state index contributed by atoms with van der Waals surface area (Å²) in [5, 5.41) is -0.185. The summed E-state index contributed by atoms with van der Waals surface area (Å²) in [7, 11) is -3.48. The molecule has 3 N–H and O–H groups in total. The minimum atomic E-state index is -3.48. The highest BCUT2D eigenvalue weighted by molar-refractivity contribution is 7.90. The second kappa shape index (κ2) is 4.48. The molecule has 0 saturated heterocycles. The van der Waals surface area contributed by atoms with Crippen molar-refractivity contribution in [3.05, 3.63) is 34.5 Å². The minimum absolute atomic E-state index is 0.0490. The van der Waals surface area contributed by atoms with Crippen molar-refractivity contribution in [2.75, 3.05) is 6.26 Å². The van der Waals surface area contributed by atoms with Crippen LogP contribution in [-0.2, 0) is 14.6 Å². The van der Waals surface area contributed by atoms with Gasteiger partial charge in [-0.2, -0.15) is 0 Å². The minimum Gasteiger partial charge on any atom is -0.370 e. The van der Waals surface area contributed by atoms with E-state index in [4.69, 9.17) is 5.73 Å². The number of aromatic nitrogens is 1. The third-order valence-corrected chi connectivity index (χ3v) is 2.80. The largest absolute Gasteiger partial charge is 0.370 e. The molecule has 1 radical (unpaired) electrons. The second-order valence-corrected chi connectivity index (χ2v) is 5.27. The summed E-state index contributed by atoms with van der Waals surface area (Å²) >= 11 is 0. The van der Waals surface area contributed by atoms with E-state index in [0.717, 1.165) is 6.26 Å². The van der Waals surface area contributed by atoms with Gasteiger partial charge < -0.3 is 10.7 Å². The summed E-state index contributed by atoms with van der Waals surface area (Å²) in [6.45, 7) is 0. The van der Waals surface area contributed by atoms with E-state index in [-0.39, 0.29) is 11.4 Å². The first kappa shape index (κ1) is 12.4. The topological polar surface area (TPSA) is 110 Å². The molecule has 16 heavy (non-hydrogen) atoms. The normalized spacial score (nSPS) is 11.3. The number of nitrogens with one attached hydrogen (secondary N) is 1. The summed E-state index contributed by atoms with van der Waals surface area (Å²) in [6.07, 6.45) is 2.33. The van der Waals surface area contributed by atoms with Crippen LogP contribution >= 0.6 is 0 Å². The molecule has 0 bridgehead atoms. The van der Waals surface area contributed by atoms with Crippen LogP contribution in [0.3, 0.4) is 0 Å². The van der Waals surface area contributed by atoms with Crippen molar-refractivity contribution in [1.29, 1.82) is 0 Å². The van der Waals surface area contributed by atoms with Crippen LogP contribution in [-0.4, -0.2) is 25.6 Å². The van der Waals surface area contributed by atoms with Gasteiger partial charge in [0.15, 0.2) is 9.84 Å². The third-order valence-electron chi connectivity index (χ3n) is 1.78. The molecule has 0 aliphatic carbocycles. The average Bonchev–Trinajstić information content (AvgIpc) is 2.12. The van der Waals surface area contributed by atoms with Crippen molar-refractivity contribution < 1.29 is 13.2 Å². The number of carbonyl (C=O) groups is 1. The quantitative estimate of drug-likeness (QED) is 0.721. The zero-order valence-electron chi connectivity index (χ0n) is 8.56. The Kier molecular flexibility index (Phi) is 3.48. The Balaban J connectivity index is 3.09. The fraction of sp³-hybridized carbons (Fsp3) is 0.222. The summed E-state index contributed by atoms with van der Waals surface area (Å²) in [5.41, 5.74) is 4.73. The predicted octanol–water partition coefficient (Wildman–Crippen LogP) is -0.794. The third kappa shape index (κ3) is 3.50. The zero-order valence-corrected chi connectivity index (χ0v) is 9.37. The van der Waals surface area contributed by atoms with Crippen LogP contribution in [0.25, 0.3) is 0 Å². The predicted molar refractivity (Wildman–Crippen MR) is 57.4 cm³/mol. The van der Waals surface area contributed by atoms with Crippen LogP contribution in [0.4, 0.5) is 0 Å². The van der Waals surface area contributed by atoms with Crippen molar-refractivity contribution >= 4 is 15.7 Å². The molecule has 1 rings (SSSR count). The summed E-state index contributed by atoms with van der Waals surface area (Å²) < 4.78 is 22.4. The van der Waals surface area contributed by atoms with Crippen molar-refractivity contribution in [1.82, 2.24) is 4.98 Å². The van der Waals surface area contributed by atoms with Crippen LogP contribution in [0.2, 0.25) is 0 Å².